The monoisotopic (exact) mass is 387 g/mol. The predicted molar refractivity (Wildman–Crippen MR) is 115 cm³/mol. The van der Waals surface area contributed by atoms with E-state index in [0.29, 0.717) is 22.3 Å². The molecule has 29 heavy (non-hydrogen) atoms. The molecule has 6 heteroatoms. The van der Waals surface area contributed by atoms with Crippen LogP contribution < -0.4 is 10.9 Å². The molecule has 0 atom stereocenters. The molecule has 146 valence electrons. The lowest BCUT2D eigenvalue weighted by Gasteiger charge is -2.14. The van der Waals surface area contributed by atoms with Gasteiger partial charge >= 0.3 is 5.97 Å². The van der Waals surface area contributed by atoms with Crippen molar-refractivity contribution in [1.82, 2.24) is 9.55 Å². The molecule has 6 nitrogen and oxygen atoms in total. The molecule has 0 saturated heterocycles. The van der Waals surface area contributed by atoms with E-state index >= 15 is 0 Å². The number of esters is 1. The molecule has 0 fully saturated rings. The highest BCUT2D eigenvalue weighted by Gasteiger charge is 2.18. The number of aromatic nitrogens is 2. The first-order valence-electron chi connectivity index (χ1n) is 9.48. The summed E-state index contributed by atoms with van der Waals surface area (Å²) < 4.78 is 6.55. The maximum absolute atomic E-state index is 13.4. The number of carbonyl (C=O) groups excluding carboxylic acids is 1. The number of ether oxygens (including phenoxy) is 1. The number of hydrogen-bond acceptors (Lipinski definition) is 5. The largest absolute Gasteiger partial charge is 0.465 e. The Hall–Kier alpha value is -3.67. The maximum Gasteiger partial charge on any atom is 0.326 e. The number of rotatable bonds is 5. The van der Waals surface area contributed by atoms with Crippen LogP contribution in [0.2, 0.25) is 0 Å². The van der Waals surface area contributed by atoms with Gasteiger partial charge in [0.2, 0.25) is 0 Å². The molecular weight excluding hydrogens is 366 g/mol. The van der Waals surface area contributed by atoms with Crippen molar-refractivity contribution in [2.75, 3.05) is 19.0 Å². The van der Waals surface area contributed by atoms with Gasteiger partial charge in [-0.25, -0.2) is 4.98 Å². The summed E-state index contributed by atoms with van der Waals surface area (Å²) in [6.45, 7) is 1.83. The highest BCUT2D eigenvalue weighted by Crippen LogP contribution is 2.27. The molecule has 3 aromatic carbocycles. The van der Waals surface area contributed by atoms with Gasteiger partial charge in [0.05, 0.1) is 17.6 Å². The van der Waals surface area contributed by atoms with E-state index in [1.807, 2.05) is 60.7 Å². The van der Waals surface area contributed by atoms with Crippen molar-refractivity contribution in [3.05, 3.63) is 71.0 Å². The maximum atomic E-state index is 13.4. The fourth-order valence-electron chi connectivity index (χ4n) is 3.50. The average Bonchev–Trinajstić information content (AvgIpc) is 2.74. The van der Waals surface area contributed by atoms with Crippen LogP contribution in [0, 0.1) is 0 Å². The summed E-state index contributed by atoms with van der Waals surface area (Å²) in [6, 6.07) is 19.2. The van der Waals surface area contributed by atoms with Gasteiger partial charge in [-0.3, -0.25) is 14.2 Å². The first-order valence-corrected chi connectivity index (χ1v) is 9.48. The van der Waals surface area contributed by atoms with E-state index in [1.54, 1.807) is 14.0 Å². The van der Waals surface area contributed by atoms with Crippen LogP contribution in [0.1, 0.15) is 6.92 Å². The SMILES string of the molecule is CCOC(=O)Cn1c(=O)c(-c2ccccc2NC)nc2cc3ccccc3cc21. The van der Waals surface area contributed by atoms with Gasteiger partial charge in [-0.05, 0) is 35.9 Å². The lowest BCUT2D eigenvalue weighted by atomic mass is 10.1. The fourth-order valence-corrected chi connectivity index (χ4v) is 3.50. The molecule has 0 aliphatic rings. The van der Waals surface area contributed by atoms with Gasteiger partial charge in [-0.2, -0.15) is 0 Å². The average molecular weight is 387 g/mol. The lowest BCUT2D eigenvalue weighted by molar-refractivity contribution is -0.143. The summed E-state index contributed by atoms with van der Waals surface area (Å²) >= 11 is 0. The summed E-state index contributed by atoms with van der Waals surface area (Å²) in [4.78, 5) is 30.3. The van der Waals surface area contributed by atoms with Crippen LogP contribution in [-0.2, 0) is 16.1 Å². The molecule has 0 spiro atoms. The molecule has 0 bridgehead atoms. The Kier molecular flexibility index (Phi) is 4.99. The minimum Gasteiger partial charge on any atom is -0.465 e. The number of hydrogen-bond donors (Lipinski definition) is 1. The second kappa shape index (κ2) is 7.75. The molecule has 4 aromatic rings. The zero-order chi connectivity index (χ0) is 20.4. The third-order valence-corrected chi connectivity index (χ3v) is 4.86. The summed E-state index contributed by atoms with van der Waals surface area (Å²) in [5.41, 5.74) is 2.69. The molecule has 0 aliphatic carbocycles. The lowest BCUT2D eigenvalue weighted by Crippen LogP contribution is -2.28. The van der Waals surface area contributed by atoms with E-state index in [4.69, 9.17) is 9.72 Å². The second-order valence-corrected chi connectivity index (χ2v) is 6.64. The Labute approximate surface area is 167 Å². The predicted octanol–water partition coefficient (Wildman–Crippen LogP) is 3.82. The molecule has 0 amide bonds. The molecular formula is C23H21N3O3. The van der Waals surface area contributed by atoms with E-state index < -0.39 is 5.97 Å². The minimum absolute atomic E-state index is 0.168. The van der Waals surface area contributed by atoms with Crippen LogP contribution in [0.15, 0.2) is 65.5 Å². The van der Waals surface area contributed by atoms with Crippen molar-refractivity contribution in [2.45, 2.75) is 13.5 Å². The molecule has 1 aromatic heterocycles. The number of benzene rings is 3. The van der Waals surface area contributed by atoms with Crippen molar-refractivity contribution >= 4 is 33.5 Å². The van der Waals surface area contributed by atoms with Crippen LogP contribution in [0.4, 0.5) is 5.69 Å². The third-order valence-electron chi connectivity index (χ3n) is 4.86. The van der Waals surface area contributed by atoms with E-state index in [2.05, 4.69) is 5.32 Å². The summed E-state index contributed by atoms with van der Waals surface area (Å²) in [6.07, 6.45) is 0. The first kappa shape index (κ1) is 18.7. The van der Waals surface area contributed by atoms with Gasteiger partial charge in [0.25, 0.3) is 5.56 Å². The Balaban J connectivity index is 2.04. The number of anilines is 1. The van der Waals surface area contributed by atoms with Crippen LogP contribution in [0.25, 0.3) is 33.1 Å². The Morgan fingerprint density at radius 2 is 1.76 bits per heavy atom. The van der Waals surface area contributed by atoms with Gasteiger partial charge in [-0.15, -0.1) is 0 Å². The van der Waals surface area contributed by atoms with Crippen molar-refractivity contribution in [3.63, 3.8) is 0 Å². The minimum atomic E-state index is -0.455. The van der Waals surface area contributed by atoms with E-state index in [-0.39, 0.29) is 18.7 Å². The van der Waals surface area contributed by atoms with Gasteiger partial charge in [0.15, 0.2) is 0 Å². The summed E-state index contributed by atoms with van der Waals surface area (Å²) in [7, 11) is 1.80. The fraction of sp³-hybridized carbons (Fsp3) is 0.174. The van der Waals surface area contributed by atoms with Gasteiger partial charge in [0.1, 0.15) is 12.2 Å². The van der Waals surface area contributed by atoms with Crippen LogP contribution >= 0.6 is 0 Å². The van der Waals surface area contributed by atoms with Gasteiger partial charge in [-0.1, -0.05) is 42.5 Å². The molecule has 0 unspecified atom stereocenters. The smallest absolute Gasteiger partial charge is 0.326 e. The molecule has 0 radical (unpaired) electrons. The number of carbonyl (C=O) groups is 1. The van der Waals surface area contributed by atoms with Crippen molar-refractivity contribution in [3.8, 4) is 11.3 Å². The molecule has 1 N–H and O–H groups in total. The van der Waals surface area contributed by atoms with Crippen molar-refractivity contribution < 1.29 is 9.53 Å². The topological polar surface area (TPSA) is 73.2 Å². The number of nitrogens with zero attached hydrogens (tertiary/aromatic N) is 2. The second-order valence-electron chi connectivity index (χ2n) is 6.64. The Bertz CT molecular complexity index is 1280. The molecule has 0 saturated carbocycles. The molecule has 4 rings (SSSR count). The summed E-state index contributed by atoms with van der Waals surface area (Å²) in [5.74, 6) is -0.455. The number of para-hydroxylation sites is 1. The molecule has 1 heterocycles. The van der Waals surface area contributed by atoms with Crippen LogP contribution in [0.3, 0.4) is 0 Å². The Morgan fingerprint density at radius 1 is 1.07 bits per heavy atom. The first-order chi connectivity index (χ1) is 14.1. The zero-order valence-corrected chi connectivity index (χ0v) is 16.3. The highest BCUT2D eigenvalue weighted by atomic mass is 16.5. The van der Waals surface area contributed by atoms with E-state index in [9.17, 15) is 9.59 Å². The van der Waals surface area contributed by atoms with Crippen molar-refractivity contribution in [2.24, 2.45) is 0 Å². The third kappa shape index (κ3) is 3.45. The quantitative estimate of drug-likeness (QED) is 0.416. The zero-order valence-electron chi connectivity index (χ0n) is 16.3. The van der Waals surface area contributed by atoms with Gasteiger partial charge < -0.3 is 10.1 Å². The van der Waals surface area contributed by atoms with E-state index in [0.717, 1.165) is 16.5 Å². The van der Waals surface area contributed by atoms with Crippen molar-refractivity contribution in [1.29, 1.82) is 0 Å². The van der Waals surface area contributed by atoms with Crippen LogP contribution in [-0.4, -0.2) is 29.2 Å². The summed E-state index contributed by atoms with van der Waals surface area (Å²) in [5, 5.41) is 5.09. The van der Waals surface area contributed by atoms with Crippen LogP contribution in [0.5, 0.6) is 0 Å². The standard InChI is InChI=1S/C23H21N3O3/c1-3-29-21(27)14-26-20-13-16-9-5-4-8-15(16)12-19(20)25-22(23(26)28)17-10-6-7-11-18(17)24-2/h4-13,24H,3,14H2,1-2H3. The van der Waals surface area contributed by atoms with Gasteiger partial charge in [0, 0.05) is 18.3 Å². The number of fused-ring (bicyclic) bond motifs is 2. The Morgan fingerprint density at radius 3 is 2.48 bits per heavy atom. The highest BCUT2D eigenvalue weighted by molar-refractivity contribution is 5.96. The van der Waals surface area contributed by atoms with E-state index in [1.165, 1.54) is 4.57 Å². The normalized spacial score (nSPS) is 11.0. The number of nitrogens with one attached hydrogen (secondary N) is 1. The molecule has 0 aliphatic heterocycles.